The van der Waals surface area contributed by atoms with Gasteiger partial charge in [0.15, 0.2) is 0 Å². The first-order chi connectivity index (χ1) is 8.11. The van der Waals surface area contributed by atoms with E-state index in [-0.39, 0.29) is 11.8 Å². The first-order valence-corrected chi connectivity index (χ1v) is 8.43. The topological polar surface area (TPSA) is 49.4 Å². The van der Waals surface area contributed by atoms with Crippen LogP contribution in [0.5, 0.6) is 0 Å². The fourth-order valence-electron chi connectivity index (χ4n) is 2.55. The van der Waals surface area contributed by atoms with Crippen LogP contribution >= 0.6 is 0 Å². The van der Waals surface area contributed by atoms with Gasteiger partial charge in [-0.1, -0.05) is 33.1 Å². The van der Waals surface area contributed by atoms with E-state index in [1.807, 2.05) is 13.8 Å². The second kappa shape index (κ2) is 7.34. The van der Waals surface area contributed by atoms with Crippen molar-refractivity contribution in [2.75, 3.05) is 25.4 Å². The van der Waals surface area contributed by atoms with Crippen LogP contribution in [-0.2, 0) is 10.0 Å². The molecule has 102 valence electrons. The molecule has 1 saturated carbocycles. The molecule has 0 aromatic heterocycles. The maximum absolute atomic E-state index is 12.2. The molecule has 1 fully saturated rings. The monoisotopic (exact) mass is 262 g/mol. The van der Waals surface area contributed by atoms with Crippen LogP contribution in [0.1, 0.15) is 46.0 Å². The third-order valence-corrected chi connectivity index (χ3v) is 5.43. The molecule has 1 N–H and O–H groups in total. The zero-order chi connectivity index (χ0) is 12.7. The van der Waals surface area contributed by atoms with Crippen molar-refractivity contribution in [2.24, 2.45) is 0 Å². The number of nitrogens with zero attached hydrogens (tertiary/aromatic N) is 1. The van der Waals surface area contributed by atoms with Crippen LogP contribution in [0.3, 0.4) is 0 Å². The molecule has 0 aromatic rings. The molecule has 1 aliphatic carbocycles. The first-order valence-electron chi connectivity index (χ1n) is 6.82. The lowest BCUT2D eigenvalue weighted by molar-refractivity contribution is 0.261. The maximum Gasteiger partial charge on any atom is 0.215 e. The fraction of sp³-hybridized carbons (Fsp3) is 1.00. The Morgan fingerprint density at radius 3 is 2.35 bits per heavy atom. The molecule has 17 heavy (non-hydrogen) atoms. The Kier molecular flexibility index (Phi) is 6.44. The van der Waals surface area contributed by atoms with Crippen molar-refractivity contribution in [2.45, 2.75) is 52.0 Å². The zero-order valence-electron chi connectivity index (χ0n) is 11.1. The average Bonchev–Trinajstić information content (AvgIpc) is 2.31. The van der Waals surface area contributed by atoms with Crippen molar-refractivity contribution < 1.29 is 8.42 Å². The van der Waals surface area contributed by atoms with Gasteiger partial charge in [0.2, 0.25) is 10.0 Å². The molecule has 0 saturated heterocycles. The molecule has 0 unspecified atom stereocenters. The van der Waals surface area contributed by atoms with Gasteiger partial charge in [-0.3, -0.25) is 0 Å². The molecule has 0 bridgehead atoms. The van der Waals surface area contributed by atoms with Gasteiger partial charge in [0.05, 0.1) is 5.75 Å². The Morgan fingerprint density at radius 2 is 1.82 bits per heavy atom. The number of hydrogen-bond donors (Lipinski definition) is 1. The molecule has 5 heteroatoms. The third kappa shape index (κ3) is 4.56. The quantitative estimate of drug-likeness (QED) is 0.709. The highest BCUT2D eigenvalue weighted by molar-refractivity contribution is 7.89. The van der Waals surface area contributed by atoms with Crippen molar-refractivity contribution in [1.82, 2.24) is 9.62 Å². The highest BCUT2D eigenvalue weighted by Gasteiger charge is 2.28. The van der Waals surface area contributed by atoms with Crippen LogP contribution in [0.15, 0.2) is 0 Å². The number of sulfonamides is 1. The molecule has 0 heterocycles. The molecular formula is C12H26N2O2S. The van der Waals surface area contributed by atoms with Gasteiger partial charge in [0.1, 0.15) is 0 Å². The summed E-state index contributed by atoms with van der Waals surface area (Å²) >= 11 is 0. The van der Waals surface area contributed by atoms with E-state index in [4.69, 9.17) is 0 Å². The number of hydrogen-bond acceptors (Lipinski definition) is 3. The van der Waals surface area contributed by atoms with E-state index in [9.17, 15) is 8.42 Å². The predicted octanol–water partition coefficient (Wildman–Crippen LogP) is 1.58. The Morgan fingerprint density at radius 1 is 1.18 bits per heavy atom. The van der Waals surface area contributed by atoms with E-state index in [0.717, 1.165) is 19.4 Å². The van der Waals surface area contributed by atoms with Crippen molar-refractivity contribution >= 4 is 10.0 Å². The van der Waals surface area contributed by atoms with E-state index in [2.05, 4.69) is 5.32 Å². The van der Waals surface area contributed by atoms with E-state index < -0.39 is 10.0 Å². The van der Waals surface area contributed by atoms with Gasteiger partial charge in [0.25, 0.3) is 0 Å². The van der Waals surface area contributed by atoms with Crippen LogP contribution in [0.2, 0.25) is 0 Å². The second-order valence-electron chi connectivity index (χ2n) is 4.66. The van der Waals surface area contributed by atoms with Gasteiger partial charge in [-0.25, -0.2) is 8.42 Å². The third-order valence-electron chi connectivity index (χ3n) is 3.44. The van der Waals surface area contributed by atoms with Gasteiger partial charge >= 0.3 is 0 Å². The lowest BCUT2D eigenvalue weighted by Gasteiger charge is -2.32. The second-order valence-corrected chi connectivity index (χ2v) is 6.71. The van der Waals surface area contributed by atoms with E-state index in [0.29, 0.717) is 13.1 Å². The van der Waals surface area contributed by atoms with Gasteiger partial charge in [-0.05, 0) is 19.4 Å². The number of nitrogens with one attached hydrogen (secondary N) is 1. The summed E-state index contributed by atoms with van der Waals surface area (Å²) in [5, 5.41) is 3.08. The Bertz CT molecular complexity index is 298. The average molecular weight is 262 g/mol. The summed E-state index contributed by atoms with van der Waals surface area (Å²) in [7, 11) is -3.07. The number of rotatable bonds is 7. The molecule has 0 aromatic carbocycles. The smallest absolute Gasteiger partial charge is 0.215 e. The van der Waals surface area contributed by atoms with E-state index in [1.165, 1.54) is 19.3 Å². The van der Waals surface area contributed by atoms with Crippen LogP contribution in [0.4, 0.5) is 0 Å². The van der Waals surface area contributed by atoms with Crippen LogP contribution < -0.4 is 5.32 Å². The minimum atomic E-state index is -3.07. The molecule has 1 rings (SSSR count). The highest BCUT2D eigenvalue weighted by atomic mass is 32.2. The van der Waals surface area contributed by atoms with Gasteiger partial charge in [-0.2, -0.15) is 4.31 Å². The van der Waals surface area contributed by atoms with Gasteiger partial charge in [0, 0.05) is 19.1 Å². The fourth-order valence-corrected chi connectivity index (χ4v) is 4.24. The maximum atomic E-state index is 12.2. The molecule has 0 spiro atoms. The summed E-state index contributed by atoms with van der Waals surface area (Å²) in [5.41, 5.74) is 0. The standard InChI is InChI=1S/C12H26N2O2S/c1-3-13-10-11-17(15,16)14(4-2)12-8-6-5-7-9-12/h12-13H,3-11H2,1-2H3. The van der Waals surface area contributed by atoms with Crippen molar-refractivity contribution in [3.8, 4) is 0 Å². The minimum Gasteiger partial charge on any atom is -0.316 e. The first kappa shape index (κ1) is 14.9. The Balaban J connectivity index is 2.57. The van der Waals surface area contributed by atoms with Crippen LogP contribution in [0, 0.1) is 0 Å². The Hall–Kier alpha value is -0.130. The summed E-state index contributed by atoms with van der Waals surface area (Å²) in [5.74, 6) is 0.227. The molecule has 1 aliphatic rings. The molecule has 4 nitrogen and oxygen atoms in total. The molecule has 0 amide bonds. The van der Waals surface area contributed by atoms with Crippen molar-refractivity contribution in [3.63, 3.8) is 0 Å². The summed E-state index contributed by atoms with van der Waals surface area (Å²) in [6, 6.07) is 0.250. The summed E-state index contributed by atoms with van der Waals surface area (Å²) in [4.78, 5) is 0. The molecule has 0 aliphatic heterocycles. The molecular weight excluding hydrogens is 236 g/mol. The molecule has 0 radical (unpaired) electrons. The van der Waals surface area contributed by atoms with E-state index >= 15 is 0 Å². The van der Waals surface area contributed by atoms with Crippen LogP contribution in [-0.4, -0.2) is 44.2 Å². The summed E-state index contributed by atoms with van der Waals surface area (Å²) < 4.78 is 26.2. The van der Waals surface area contributed by atoms with Gasteiger partial charge < -0.3 is 5.32 Å². The minimum absolute atomic E-state index is 0.227. The van der Waals surface area contributed by atoms with E-state index in [1.54, 1.807) is 4.31 Å². The van der Waals surface area contributed by atoms with Crippen LogP contribution in [0.25, 0.3) is 0 Å². The zero-order valence-corrected chi connectivity index (χ0v) is 11.9. The molecule has 0 atom stereocenters. The van der Waals surface area contributed by atoms with Crippen molar-refractivity contribution in [1.29, 1.82) is 0 Å². The Labute approximate surface area is 106 Å². The predicted molar refractivity (Wildman–Crippen MR) is 71.6 cm³/mol. The SMILES string of the molecule is CCNCCS(=O)(=O)N(CC)C1CCCCC1. The lowest BCUT2D eigenvalue weighted by Crippen LogP contribution is -2.43. The summed E-state index contributed by atoms with van der Waals surface area (Å²) in [6.07, 6.45) is 5.67. The lowest BCUT2D eigenvalue weighted by atomic mass is 9.95. The van der Waals surface area contributed by atoms with Crippen molar-refractivity contribution in [3.05, 3.63) is 0 Å². The van der Waals surface area contributed by atoms with Gasteiger partial charge in [-0.15, -0.1) is 0 Å². The normalized spacial score (nSPS) is 18.8. The largest absolute Gasteiger partial charge is 0.316 e. The highest BCUT2D eigenvalue weighted by Crippen LogP contribution is 2.24. The summed E-state index contributed by atoms with van der Waals surface area (Å²) in [6.45, 7) is 5.93.